The van der Waals surface area contributed by atoms with Gasteiger partial charge >= 0.3 is 0 Å². The molecule has 1 aromatic carbocycles. The Balaban J connectivity index is 2.68. The summed E-state index contributed by atoms with van der Waals surface area (Å²) in [6.45, 7) is 4.87. The summed E-state index contributed by atoms with van der Waals surface area (Å²) in [5.41, 5.74) is 0.495. The fourth-order valence-electron chi connectivity index (χ4n) is 1.18. The first-order chi connectivity index (χ1) is 8.40. The van der Waals surface area contributed by atoms with E-state index in [0.29, 0.717) is 16.7 Å². The summed E-state index contributed by atoms with van der Waals surface area (Å²) in [5.74, 6) is 0.470. The first-order valence-corrected chi connectivity index (χ1v) is 6.17. The first kappa shape index (κ1) is 14.7. The number of non-ortho nitro benzene ring substituents is 1. The Bertz CT molecular complexity index is 466. The van der Waals surface area contributed by atoms with E-state index in [2.05, 4.69) is 24.5 Å². The minimum Gasteiger partial charge on any atom is -0.362 e. The zero-order valence-corrected chi connectivity index (χ0v) is 11.6. The average molecular weight is 288 g/mol. The zero-order valence-electron chi connectivity index (χ0n) is 10.1. The summed E-state index contributed by atoms with van der Waals surface area (Å²) in [6.07, 6.45) is 0. The lowest BCUT2D eigenvalue weighted by Gasteiger charge is -2.12. The molecule has 0 aliphatic carbocycles. The quantitative estimate of drug-likeness (QED) is 0.506. The summed E-state index contributed by atoms with van der Waals surface area (Å²) in [6, 6.07) is 4.19. The summed E-state index contributed by atoms with van der Waals surface area (Å²) >= 11 is 11.0. The number of thiocarbonyl (C=S) groups is 1. The predicted molar refractivity (Wildman–Crippen MR) is 77.2 cm³/mol. The van der Waals surface area contributed by atoms with Crippen LogP contribution in [0.2, 0.25) is 5.02 Å². The molecule has 0 fully saturated rings. The number of benzene rings is 1. The van der Waals surface area contributed by atoms with Gasteiger partial charge in [0, 0.05) is 18.7 Å². The maximum Gasteiger partial charge on any atom is 0.271 e. The molecule has 0 spiro atoms. The van der Waals surface area contributed by atoms with E-state index >= 15 is 0 Å². The zero-order chi connectivity index (χ0) is 13.7. The van der Waals surface area contributed by atoms with Crippen LogP contribution in [0.1, 0.15) is 13.8 Å². The smallest absolute Gasteiger partial charge is 0.271 e. The van der Waals surface area contributed by atoms with Gasteiger partial charge in [-0.15, -0.1) is 0 Å². The average Bonchev–Trinajstić information content (AvgIpc) is 2.29. The molecule has 0 radical (unpaired) electrons. The molecule has 0 aliphatic rings. The van der Waals surface area contributed by atoms with Crippen molar-refractivity contribution >= 4 is 40.3 Å². The van der Waals surface area contributed by atoms with E-state index in [1.165, 1.54) is 18.2 Å². The number of nitrogens with zero attached hydrogens (tertiary/aromatic N) is 1. The molecule has 0 atom stereocenters. The molecule has 1 rings (SSSR count). The number of nitrogens with one attached hydrogen (secondary N) is 2. The van der Waals surface area contributed by atoms with Crippen LogP contribution in [0.3, 0.4) is 0 Å². The molecule has 0 bridgehead atoms. The maximum absolute atomic E-state index is 10.6. The van der Waals surface area contributed by atoms with Crippen molar-refractivity contribution in [2.45, 2.75) is 13.8 Å². The number of rotatable bonds is 4. The SMILES string of the molecule is CC(C)CNC(=S)Nc1ccc([N+](=O)[O-])cc1Cl. The van der Waals surface area contributed by atoms with Gasteiger partial charge < -0.3 is 10.6 Å². The van der Waals surface area contributed by atoms with Crippen molar-refractivity contribution in [1.82, 2.24) is 5.32 Å². The molecular formula is C11H14ClN3O2S. The highest BCUT2D eigenvalue weighted by Gasteiger charge is 2.10. The van der Waals surface area contributed by atoms with Crippen LogP contribution in [0.4, 0.5) is 11.4 Å². The topological polar surface area (TPSA) is 67.2 Å². The third-order valence-corrected chi connectivity index (χ3v) is 2.64. The lowest BCUT2D eigenvalue weighted by atomic mass is 10.2. The van der Waals surface area contributed by atoms with E-state index in [-0.39, 0.29) is 10.7 Å². The number of nitro groups is 1. The maximum atomic E-state index is 10.6. The van der Waals surface area contributed by atoms with Crippen LogP contribution in [0.25, 0.3) is 0 Å². The highest BCUT2D eigenvalue weighted by Crippen LogP contribution is 2.26. The molecule has 0 amide bonds. The molecular weight excluding hydrogens is 274 g/mol. The van der Waals surface area contributed by atoms with Crippen LogP contribution < -0.4 is 10.6 Å². The summed E-state index contributed by atoms with van der Waals surface area (Å²) in [4.78, 5) is 10.1. The molecule has 0 aromatic heterocycles. The van der Waals surface area contributed by atoms with Crippen LogP contribution >= 0.6 is 23.8 Å². The second-order valence-corrected chi connectivity index (χ2v) is 4.97. The summed E-state index contributed by atoms with van der Waals surface area (Å²) in [5, 5.41) is 17.2. The van der Waals surface area contributed by atoms with Crippen LogP contribution in [0.5, 0.6) is 0 Å². The van der Waals surface area contributed by atoms with Crippen LogP contribution in [0.15, 0.2) is 18.2 Å². The lowest BCUT2D eigenvalue weighted by Crippen LogP contribution is -2.31. The van der Waals surface area contributed by atoms with E-state index in [9.17, 15) is 10.1 Å². The number of hydrogen-bond donors (Lipinski definition) is 2. The summed E-state index contributed by atoms with van der Waals surface area (Å²) < 4.78 is 0. The van der Waals surface area contributed by atoms with Gasteiger partial charge in [0.15, 0.2) is 5.11 Å². The fourth-order valence-corrected chi connectivity index (χ4v) is 1.60. The number of nitro benzene ring substituents is 1. The highest BCUT2D eigenvalue weighted by molar-refractivity contribution is 7.80. The Hall–Kier alpha value is -1.40. The van der Waals surface area contributed by atoms with Gasteiger partial charge in [0.2, 0.25) is 0 Å². The third-order valence-electron chi connectivity index (χ3n) is 2.08. The van der Waals surface area contributed by atoms with Gasteiger partial charge in [0.25, 0.3) is 5.69 Å². The number of hydrogen-bond acceptors (Lipinski definition) is 3. The van der Waals surface area contributed by atoms with Gasteiger partial charge in [-0.1, -0.05) is 25.4 Å². The summed E-state index contributed by atoms with van der Waals surface area (Å²) in [7, 11) is 0. The van der Waals surface area contributed by atoms with E-state index in [1.54, 1.807) is 0 Å². The van der Waals surface area contributed by atoms with Gasteiger partial charge in [-0.25, -0.2) is 0 Å². The minimum absolute atomic E-state index is 0.0494. The Morgan fingerprint density at radius 3 is 2.72 bits per heavy atom. The third kappa shape index (κ3) is 4.46. The van der Waals surface area contributed by atoms with Crippen LogP contribution in [-0.4, -0.2) is 16.6 Å². The van der Waals surface area contributed by atoms with Crippen molar-refractivity contribution in [3.8, 4) is 0 Å². The van der Waals surface area contributed by atoms with Gasteiger partial charge in [-0.3, -0.25) is 10.1 Å². The van der Waals surface area contributed by atoms with Crippen LogP contribution in [-0.2, 0) is 0 Å². The fraction of sp³-hybridized carbons (Fsp3) is 0.364. The van der Waals surface area contributed by atoms with E-state index in [1.807, 2.05) is 0 Å². The molecule has 0 saturated carbocycles. The van der Waals surface area contributed by atoms with Gasteiger partial charge in [-0.05, 0) is 24.2 Å². The molecule has 0 saturated heterocycles. The van der Waals surface area contributed by atoms with Crippen LogP contribution in [0, 0.1) is 16.0 Å². The molecule has 0 unspecified atom stereocenters. The predicted octanol–water partition coefficient (Wildman–Crippen LogP) is 3.19. The molecule has 0 heterocycles. The number of anilines is 1. The van der Waals surface area contributed by atoms with Gasteiger partial charge in [-0.2, -0.15) is 0 Å². The normalized spacial score (nSPS) is 10.2. The van der Waals surface area contributed by atoms with Crippen molar-refractivity contribution in [1.29, 1.82) is 0 Å². The molecule has 18 heavy (non-hydrogen) atoms. The Labute approximate surface area is 116 Å². The molecule has 7 heteroatoms. The minimum atomic E-state index is -0.495. The Kier molecular flexibility index (Phi) is 5.30. The molecule has 98 valence electrons. The highest BCUT2D eigenvalue weighted by atomic mass is 35.5. The molecule has 5 nitrogen and oxygen atoms in total. The van der Waals surface area contributed by atoms with E-state index in [4.69, 9.17) is 23.8 Å². The van der Waals surface area contributed by atoms with Crippen molar-refractivity contribution in [3.05, 3.63) is 33.3 Å². The van der Waals surface area contributed by atoms with Crippen molar-refractivity contribution in [2.75, 3.05) is 11.9 Å². The Morgan fingerprint density at radius 2 is 2.22 bits per heavy atom. The van der Waals surface area contributed by atoms with Gasteiger partial charge in [0.05, 0.1) is 15.6 Å². The molecule has 2 N–H and O–H groups in total. The second-order valence-electron chi connectivity index (χ2n) is 4.15. The Morgan fingerprint density at radius 1 is 1.56 bits per heavy atom. The van der Waals surface area contributed by atoms with Crippen molar-refractivity contribution in [2.24, 2.45) is 5.92 Å². The second kappa shape index (κ2) is 6.51. The van der Waals surface area contributed by atoms with Crippen molar-refractivity contribution in [3.63, 3.8) is 0 Å². The van der Waals surface area contributed by atoms with E-state index in [0.717, 1.165) is 6.54 Å². The first-order valence-electron chi connectivity index (χ1n) is 5.39. The largest absolute Gasteiger partial charge is 0.362 e. The van der Waals surface area contributed by atoms with Gasteiger partial charge in [0.1, 0.15) is 0 Å². The molecule has 1 aromatic rings. The van der Waals surface area contributed by atoms with Crippen molar-refractivity contribution < 1.29 is 4.92 Å². The lowest BCUT2D eigenvalue weighted by molar-refractivity contribution is -0.384. The standard InChI is InChI=1S/C11H14ClN3O2S/c1-7(2)6-13-11(18)14-10-4-3-8(15(16)17)5-9(10)12/h3-5,7H,6H2,1-2H3,(H2,13,14,18). The van der Waals surface area contributed by atoms with E-state index < -0.39 is 4.92 Å². The number of halogens is 1. The monoisotopic (exact) mass is 287 g/mol. The molecule has 0 aliphatic heterocycles.